The maximum absolute atomic E-state index is 11.1. The number of benzene rings is 1. The number of methoxy groups -OCH3 is 1. The second kappa shape index (κ2) is 5.79. The highest BCUT2D eigenvalue weighted by Gasteiger charge is 2.12. The Morgan fingerprint density at radius 3 is 2.75 bits per heavy atom. The molecule has 3 N–H and O–H groups in total. The molecular formula is C13H13NO5S. The third-order valence-corrected chi connectivity index (χ3v) is 3.62. The lowest BCUT2D eigenvalue weighted by atomic mass is 10.0. The second-order valence-electron chi connectivity index (χ2n) is 4.18. The summed E-state index contributed by atoms with van der Waals surface area (Å²) in [6.07, 6.45) is 0.207. The van der Waals surface area contributed by atoms with Gasteiger partial charge in [0.05, 0.1) is 18.4 Å². The summed E-state index contributed by atoms with van der Waals surface area (Å²) in [6.45, 7) is 0. The Labute approximate surface area is 118 Å². The van der Waals surface area contributed by atoms with Crippen molar-refractivity contribution in [2.75, 3.05) is 7.11 Å². The van der Waals surface area contributed by atoms with Crippen LogP contribution in [0.4, 0.5) is 0 Å². The SMILES string of the molecule is COc1ccc(Cc2sc(=O)[nH]c2O)cc1CC(=O)O. The molecule has 7 heteroatoms. The van der Waals surface area contributed by atoms with Gasteiger partial charge in [0.15, 0.2) is 0 Å². The van der Waals surface area contributed by atoms with Gasteiger partial charge in [-0.05, 0) is 11.6 Å². The normalized spacial score (nSPS) is 10.4. The van der Waals surface area contributed by atoms with Crippen LogP contribution in [0.1, 0.15) is 16.0 Å². The van der Waals surface area contributed by atoms with Crippen LogP contribution in [0, 0.1) is 0 Å². The zero-order valence-electron chi connectivity index (χ0n) is 10.7. The molecule has 0 aliphatic carbocycles. The minimum atomic E-state index is -0.949. The number of carbonyl (C=O) groups is 1. The number of H-pyrrole nitrogens is 1. The number of rotatable bonds is 5. The summed E-state index contributed by atoms with van der Waals surface area (Å²) in [4.78, 5) is 24.4. The maximum Gasteiger partial charge on any atom is 0.307 e. The molecule has 0 fully saturated rings. The Hall–Kier alpha value is -2.28. The summed E-state index contributed by atoms with van der Waals surface area (Å²) in [5.74, 6) is -0.590. The van der Waals surface area contributed by atoms with E-state index in [0.717, 1.165) is 16.9 Å². The van der Waals surface area contributed by atoms with Crippen molar-refractivity contribution in [1.29, 1.82) is 0 Å². The molecule has 20 heavy (non-hydrogen) atoms. The van der Waals surface area contributed by atoms with Crippen LogP contribution in [0.5, 0.6) is 11.6 Å². The van der Waals surface area contributed by atoms with Crippen LogP contribution in [0.2, 0.25) is 0 Å². The first-order valence-corrected chi connectivity index (χ1v) is 6.59. The first-order valence-electron chi connectivity index (χ1n) is 5.78. The van der Waals surface area contributed by atoms with Crippen molar-refractivity contribution in [1.82, 2.24) is 4.98 Å². The zero-order chi connectivity index (χ0) is 14.7. The van der Waals surface area contributed by atoms with Crippen LogP contribution in [0.15, 0.2) is 23.0 Å². The van der Waals surface area contributed by atoms with Crippen LogP contribution < -0.4 is 9.61 Å². The molecule has 2 aromatic rings. The summed E-state index contributed by atoms with van der Waals surface area (Å²) in [7, 11) is 1.48. The van der Waals surface area contributed by atoms with E-state index in [1.807, 2.05) is 0 Å². The lowest BCUT2D eigenvalue weighted by molar-refractivity contribution is -0.136. The molecule has 0 unspecified atom stereocenters. The highest BCUT2D eigenvalue weighted by molar-refractivity contribution is 7.09. The zero-order valence-corrected chi connectivity index (χ0v) is 11.5. The molecule has 0 saturated heterocycles. The fourth-order valence-electron chi connectivity index (χ4n) is 1.90. The third kappa shape index (κ3) is 3.18. The molecule has 1 aromatic carbocycles. The Kier molecular flexibility index (Phi) is 4.09. The largest absolute Gasteiger partial charge is 0.496 e. The van der Waals surface area contributed by atoms with Crippen molar-refractivity contribution >= 4 is 17.3 Å². The Morgan fingerprint density at radius 2 is 2.20 bits per heavy atom. The van der Waals surface area contributed by atoms with Gasteiger partial charge in [0.1, 0.15) is 5.75 Å². The van der Waals surface area contributed by atoms with Crippen LogP contribution in [0.25, 0.3) is 0 Å². The van der Waals surface area contributed by atoms with Crippen LogP contribution in [-0.2, 0) is 17.6 Å². The minimum absolute atomic E-state index is 0.143. The summed E-state index contributed by atoms with van der Waals surface area (Å²) >= 11 is 0.930. The molecule has 0 aliphatic rings. The second-order valence-corrected chi connectivity index (χ2v) is 5.25. The van der Waals surface area contributed by atoms with Crippen LogP contribution >= 0.6 is 11.3 Å². The smallest absolute Gasteiger partial charge is 0.307 e. The number of carboxylic acids is 1. The molecule has 0 bridgehead atoms. The van der Waals surface area contributed by atoms with Gasteiger partial charge in [-0.15, -0.1) is 0 Å². The van der Waals surface area contributed by atoms with Crippen molar-refractivity contribution < 1.29 is 19.7 Å². The number of aromatic amines is 1. The molecule has 0 saturated carbocycles. The number of thiazole rings is 1. The number of hydrogen-bond acceptors (Lipinski definition) is 5. The lowest BCUT2D eigenvalue weighted by Crippen LogP contribution is -2.03. The van der Waals surface area contributed by atoms with Crippen molar-refractivity contribution in [3.8, 4) is 11.6 Å². The van der Waals surface area contributed by atoms with E-state index >= 15 is 0 Å². The predicted octanol–water partition coefficient (Wildman–Crippen LogP) is 1.37. The molecule has 0 radical (unpaired) electrons. The summed E-state index contributed by atoms with van der Waals surface area (Å²) in [5, 5.41) is 18.4. The quantitative estimate of drug-likeness (QED) is 0.773. The number of nitrogens with one attached hydrogen (secondary N) is 1. The molecule has 0 spiro atoms. The number of ether oxygens (including phenoxy) is 1. The number of aromatic hydroxyl groups is 1. The van der Waals surface area contributed by atoms with E-state index in [0.29, 0.717) is 22.6 Å². The van der Waals surface area contributed by atoms with Crippen molar-refractivity contribution in [3.63, 3.8) is 0 Å². The minimum Gasteiger partial charge on any atom is -0.496 e. The Morgan fingerprint density at radius 1 is 1.45 bits per heavy atom. The molecule has 6 nitrogen and oxygen atoms in total. The van der Waals surface area contributed by atoms with Gasteiger partial charge in [0, 0.05) is 12.0 Å². The van der Waals surface area contributed by atoms with E-state index in [2.05, 4.69) is 4.98 Å². The summed E-state index contributed by atoms with van der Waals surface area (Å²) in [5.41, 5.74) is 1.35. The third-order valence-electron chi connectivity index (χ3n) is 2.75. The van der Waals surface area contributed by atoms with E-state index in [1.54, 1.807) is 18.2 Å². The molecule has 1 aromatic heterocycles. The van der Waals surface area contributed by atoms with Crippen LogP contribution in [-0.4, -0.2) is 28.3 Å². The van der Waals surface area contributed by atoms with Gasteiger partial charge in [-0.2, -0.15) is 0 Å². The van der Waals surface area contributed by atoms with E-state index in [-0.39, 0.29) is 17.2 Å². The van der Waals surface area contributed by atoms with E-state index < -0.39 is 5.97 Å². The maximum atomic E-state index is 11.1. The Balaban J connectivity index is 2.31. The number of carboxylic acid groups (broad SMARTS) is 1. The van der Waals surface area contributed by atoms with E-state index in [9.17, 15) is 14.7 Å². The topological polar surface area (TPSA) is 99.6 Å². The molecular weight excluding hydrogens is 282 g/mol. The molecule has 1 heterocycles. The van der Waals surface area contributed by atoms with E-state index in [4.69, 9.17) is 9.84 Å². The first-order chi connectivity index (χ1) is 9.49. The molecule has 0 aliphatic heterocycles. The average Bonchev–Trinajstić information content (AvgIpc) is 2.67. The number of hydrogen-bond donors (Lipinski definition) is 3. The monoisotopic (exact) mass is 295 g/mol. The van der Waals surface area contributed by atoms with Gasteiger partial charge in [-0.25, -0.2) is 0 Å². The van der Waals surface area contributed by atoms with Crippen LogP contribution in [0.3, 0.4) is 0 Å². The summed E-state index contributed by atoms with van der Waals surface area (Å²) in [6, 6.07) is 5.16. The van der Waals surface area contributed by atoms with E-state index in [1.165, 1.54) is 7.11 Å². The standard InChI is InChI=1S/C13H13NO5S/c1-19-9-3-2-7(4-8(9)6-11(15)16)5-10-12(17)14-13(18)20-10/h2-4,17H,5-6H2,1H3,(H,14,18)(H,15,16). The first kappa shape index (κ1) is 14.1. The van der Waals surface area contributed by atoms with Gasteiger partial charge in [-0.1, -0.05) is 23.5 Å². The highest BCUT2D eigenvalue weighted by Crippen LogP contribution is 2.25. The summed E-state index contributed by atoms with van der Waals surface area (Å²) < 4.78 is 5.11. The average molecular weight is 295 g/mol. The fraction of sp³-hybridized carbons (Fsp3) is 0.231. The van der Waals surface area contributed by atoms with Gasteiger partial charge in [-0.3, -0.25) is 14.6 Å². The van der Waals surface area contributed by atoms with Crippen molar-refractivity contribution in [3.05, 3.63) is 43.9 Å². The Bertz CT molecular complexity index is 688. The van der Waals surface area contributed by atoms with Crippen molar-refractivity contribution in [2.45, 2.75) is 12.8 Å². The molecule has 0 amide bonds. The highest BCUT2D eigenvalue weighted by atomic mass is 32.1. The van der Waals surface area contributed by atoms with Crippen molar-refractivity contribution in [2.24, 2.45) is 0 Å². The fourth-order valence-corrected chi connectivity index (χ4v) is 2.66. The van der Waals surface area contributed by atoms with Gasteiger partial charge in [0.2, 0.25) is 5.88 Å². The number of aromatic nitrogens is 1. The van der Waals surface area contributed by atoms with Gasteiger partial charge < -0.3 is 14.9 Å². The van der Waals surface area contributed by atoms with Gasteiger partial charge >= 0.3 is 10.8 Å². The van der Waals surface area contributed by atoms with Gasteiger partial charge in [0.25, 0.3) is 0 Å². The molecule has 0 atom stereocenters. The molecule has 2 rings (SSSR count). The molecule has 106 valence electrons. The number of aliphatic carboxylic acids is 1. The lowest BCUT2D eigenvalue weighted by Gasteiger charge is -2.09. The predicted molar refractivity (Wildman–Crippen MR) is 73.7 cm³/mol.